The zero-order valence-electron chi connectivity index (χ0n) is 10.9. The van der Waals surface area contributed by atoms with Crippen molar-refractivity contribution in [1.82, 2.24) is 10.3 Å². The molecule has 1 heterocycles. The lowest BCUT2D eigenvalue weighted by molar-refractivity contribution is 0.490. The first-order valence-corrected chi connectivity index (χ1v) is 6.56. The number of nitrogens with one attached hydrogen (secondary N) is 1. The fraction of sp³-hybridized carbons (Fsp3) is 0.267. The molecule has 0 amide bonds. The first-order valence-electron chi connectivity index (χ1n) is 6.19. The van der Waals surface area contributed by atoms with E-state index >= 15 is 0 Å². The molecule has 0 saturated heterocycles. The van der Waals surface area contributed by atoms with Crippen molar-refractivity contribution in [1.29, 1.82) is 0 Å². The summed E-state index contributed by atoms with van der Waals surface area (Å²) >= 11 is 6.16. The standard InChI is InChI=1S/C15H16ClFN2/c1-10(12-7-13(17)9-18-8-12)19-11(2)14-5-3-4-6-15(14)16/h3-11,19H,1-2H3/t10?,11-/m0/s1. The van der Waals surface area contributed by atoms with Crippen LogP contribution < -0.4 is 5.32 Å². The molecule has 1 aromatic carbocycles. The number of aromatic nitrogens is 1. The SMILES string of the molecule is CC(N[C@@H](C)c1ccccc1Cl)c1cncc(F)c1. The van der Waals surface area contributed by atoms with Crippen LogP contribution in [-0.2, 0) is 0 Å². The lowest BCUT2D eigenvalue weighted by Gasteiger charge is -2.21. The minimum absolute atomic E-state index is 0.00512. The van der Waals surface area contributed by atoms with Gasteiger partial charge in [-0.15, -0.1) is 0 Å². The number of nitrogens with zero attached hydrogens (tertiary/aromatic N) is 1. The van der Waals surface area contributed by atoms with Gasteiger partial charge in [0.2, 0.25) is 0 Å². The Morgan fingerprint density at radius 1 is 1.16 bits per heavy atom. The second kappa shape index (κ2) is 6.13. The van der Waals surface area contributed by atoms with Gasteiger partial charge in [0.05, 0.1) is 6.20 Å². The Hall–Kier alpha value is -1.45. The summed E-state index contributed by atoms with van der Waals surface area (Å²) in [5.74, 6) is -0.323. The van der Waals surface area contributed by atoms with Crippen LogP contribution in [0.2, 0.25) is 5.02 Å². The summed E-state index contributed by atoms with van der Waals surface area (Å²) in [4.78, 5) is 3.86. The maximum Gasteiger partial charge on any atom is 0.141 e. The molecule has 4 heteroatoms. The molecule has 2 rings (SSSR count). The molecule has 1 N–H and O–H groups in total. The van der Waals surface area contributed by atoms with E-state index in [1.807, 2.05) is 38.1 Å². The lowest BCUT2D eigenvalue weighted by atomic mass is 10.1. The number of rotatable bonds is 4. The van der Waals surface area contributed by atoms with E-state index in [-0.39, 0.29) is 17.9 Å². The summed E-state index contributed by atoms with van der Waals surface area (Å²) in [6.45, 7) is 4.01. The van der Waals surface area contributed by atoms with Crippen molar-refractivity contribution in [2.75, 3.05) is 0 Å². The van der Waals surface area contributed by atoms with E-state index in [1.54, 1.807) is 6.20 Å². The van der Waals surface area contributed by atoms with Gasteiger partial charge in [0.1, 0.15) is 5.82 Å². The summed E-state index contributed by atoms with van der Waals surface area (Å²) in [7, 11) is 0. The lowest BCUT2D eigenvalue weighted by Crippen LogP contribution is -2.22. The molecule has 0 fully saturated rings. The molecule has 0 radical (unpaired) electrons. The maximum atomic E-state index is 13.1. The fourth-order valence-electron chi connectivity index (χ4n) is 2.05. The third kappa shape index (κ3) is 3.52. The molecule has 2 aromatic rings. The van der Waals surface area contributed by atoms with Gasteiger partial charge >= 0.3 is 0 Å². The predicted octanol–water partition coefficient (Wildman–Crippen LogP) is 4.29. The number of halogens is 2. The van der Waals surface area contributed by atoms with E-state index in [0.29, 0.717) is 0 Å². The van der Waals surface area contributed by atoms with E-state index in [9.17, 15) is 4.39 Å². The van der Waals surface area contributed by atoms with Gasteiger partial charge < -0.3 is 5.32 Å². The van der Waals surface area contributed by atoms with Gasteiger partial charge in [-0.1, -0.05) is 29.8 Å². The summed E-state index contributed by atoms with van der Waals surface area (Å²) in [5.41, 5.74) is 1.85. The summed E-state index contributed by atoms with van der Waals surface area (Å²) in [6, 6.07) is 9.26. The van der Waals surface area contributed by atoms with Gasteiger partial charge in [-0.2, -0.15) is 0 Å². The minimum atomic E-state index is -0.323. The smallest absolute Gasteiger partial charge is 0.141 e. The molecule has 1 unspecified atom stereocenters. The second-order valence-corrected chi connectivity index (χ2v) is 4.98. The first-order chi connectivity index (χ1) is 9.08. The average Bonchev–Trinajstić information content (AvgIpc) is 2.39. The minimum Gasteiger partial charge on any atom is -0.304 e. The molecule has 0 saturated carbocycles. The van der Waals surface area contributed by atoms with Crippen molar-refractivity contribution in [2.45, 2.75) is 25.9 Å². The monoisotopic (exact) mass is 278 g/mol. The quantitative estimate of drug-likeness (QED) is 0.903. The molecule has 0 aliphatic rings. The van der Waals surface area contributed by atoms with Crippen LogP contribution in [0.25, 0.3) is 0 Å². The Morgan fingerprint density at radius 3 is 2.58 bits per heavy atom. The summed E-state index contributed by atoms with van der Waals surface area (Å²) in [6.07, 6.45) is 2.87. The van der Waals surface area contributed by atoms with Gasteiger partial charge in [-0.05, 0) is 37.1 Å². The zero-order valence-corrected chi connectivity index (χ0v) is 11.7. The Labute approximate surface area is 117 Å². The van der Waals surface area contributed by atoms with Crippen LogP contribution in [-0.4, -0.2) is 4.98 Å². The molecule has 0 spiro atoms. The highest BCUT2D eigenvalue weighted by Gasteiger charge is 2.13. The van der Waals surface area contributed by atoms with Crippen LogP contribution in [0, 0.1) is 5.82 Å². The van der Waals surface area contributed by atoms with Crippen molar-refractivity contribution >= 4 is 11.6 Å². The van der Waals surface area contributed by atoms with Gasteiger partial charge in [0.25, 0.3) is 0 Å². The summed E-state index contributed by atoms with van der Waals surface area (Å²) < 4.78 is 13.1. The number of benzene rings is 1. The topological polar surface area (TPSA) is 24.9 Å². The predicted molar refractivity (Wildman–Crippen MR) is 75.6 cm³/mol. The van der Waals surface area contributed by atoms with Crippen molar-refractivity contribution < 1.29 is 4.39 Å². The molecule has 19 heavy (non-hydrogen) atoms. The van der Waals surface area contributed by atoms with Crippen LogP contribution in [0.15, 0.2) is 42.7 Å². The highest BCUT2D eigenvalue weighted by molar-refractivity contribution is 6.31. The van der Waals surface area contributed by atoms with E-state index in [2.05, 4.69) is 10.3 Å². The largest absolute Gasteiger partial charge is 0.304 e. The molecule has 0 aliphatic carbocycles. The van der Waals surface area contributed by atoms with E-state index in [4.69, 9.17) is 11.6 Å². The Kier molecular flexibility index (Phi) is 4.51. The van der Waals surface area contributed by atoms with Crippen LogP contribution in [0.3, 0.4) is 0 Å². The zero-order chi connectivity index (χ0) is 13.8. The molecule has 2 atom stereocenters. The highest BCUT2D eigenvalue weighted by atomic mass is 35.5. The second-order valence-electron chi connectivity index (χ2n) is 4.57. The van der Waals surface area contributed by atoms with Gasteiger partial charge in [0.15, 0.2) is 0 Å². The molecular weight excluding hydrogens is 263 g/mol. The third-order valence-corrected chi connectivity index (χ3v) is 3.44. The van der Waals surface area contributed by atoms with Crippen molar-refractivity contribution in [2.24, 2.45) is 0 Å². The highest BCUT2D eigenvalue weighted by Crippen LogP contribution is 2.25. The van der Waals surface area contributed by atoms with Crippen molar-refractivity contribution in [3.8, 4) is 0 Å². The van der Waals surface area contributed by atoms with E-state index in [1.165, 1.54) is 12.3 Å². The average molecular weight is 279 g/mol. The number of hydrogen-bond acceptors (Lipinski definition) is 2. The number of pyridine rings is 1. The third-order valence-electron chi connectivity index (χ3n) is 3.10. The molecule has 0 bridgehead atoms. The van der Waals surface area contributed by atoms with Crippen LogP contribution in [0.5, 0.6) is 0 Å². The molecule has 0 aliphatic heterocycles. The Bertz CT molecular complexity index is 559. The molecule has 2 nitrogen and oxygen atoms in total. The molecule has 100 valence electrons. The van der Waals surface area contributed by atoms with Crippen LogP contribution in [0.4, 0.5) is 4.39 Å². The van der Waals surface area contributed by atoms with Gasteiger partial charge in [0, 0.05) is 23.3 Å². The normalized spacial score (nSPS) is 14.1. The summed E-state index contributed by atoms with van der Waals surface area (Å²) in [5, 5.41) is 4.12. The van der Waals surface area contributed by atoms with E-state index < -0.39 is 0 Å². The van der Waals surface area contributed by atoms with Crippen LogP contribution >= 0.6 is 11.6 Å². The van der Waals surface area contributed by atoms with E-state index in [0.717, 1.165) is 16.1 Å². The fourth-order valence-corrected chi connectivity index (χ4v) is 2.35. The Morgan fingerprint density at radius 2 is 1.89 bits per heavy atom. The Balaban J connectivity index is 2.11. The first kappa shape index (κ1) is 14.0. The van der Waals surface area contributed by atoms with Crippen molar-refractivity contribution in [3.05, 3.63) is 64.7 Å². The number of hydrogen-bond donors (Lipinski definition) is 1. The van der Waals surface area contributed by atoms with Gasteiger partial charge in [-0.3, -0.25) is 4.98 Å². The van der Waals surface area contributed by atoms with Gasteiger partial charge in [-0.25, -0.2) is 4.39 Å². The molecular formula is C15H16ClFN2. The molecule has 1 aromatic heterocycles. The van der Waals surface area contributed by atoms with Crippen molar-refractivity contribution in [3.63, 3.8) is 0 Å². The van der Waals surface area contributed by atoms with Crippen LogP contribution in [0.1, 0.15) is 37.1 Å². The maximum absolute atomic E-state index is 13.1.